The van der Waals surface area contributed by atoms with Crippen molar-refractivity contribution in [1.29, 1.82) is 0 Å². The van der Waals surface area contributed by atoms with Gasteiger partial charge in [0, 0.05) is 40.8 Å². The Morgan fingerprint density at radius 2 is 1.94 bits per heavy atom. The van der Waals surface area contributed by atoms with Crippen LogP contribution in [0.5, 0.6) is 0 Å². The number of pyridine rings is 1. The number of para-hydroxylation sites is 1. The maximum absolute atomic E-state index is 4.60. The number of aromatic nitrogens is 2. The van der Waals surface area contributed by atoms with E-state index in [1.807, 2.05) is 12.3 Å². The third kappa shape index (κ3) is 3.27. The Balaban J connectivity index is 1.25. The lowest BCUT2D eigenvalue weighted by molar-refractivity contribution is 0.519. The number of fused-ring (bicyclic) bond motifs is 5. The predicted molar refractivity (Wildman–Crippen MR) is 141 cm³/mol. The summed E-state index contributed by atoms with van der Waals surface area (Å²) >= 11 is 0. The number of hydrogen-bond acceptors (Lipinski definition) is 1. The maximum atomic E-state index is 4.60. The van der Waals surface area contributed by atoms with Crippen LogP contribution in [0, 0.1) is 18.8 Å². The van der Waals surface area contributed by atoms with Gasteiger partial charge in [0.15, 0.2) is 0 Å². The molecule has 0 N–H and O–H groups in total. The van der Waals surface area contributed by atoms with E-state index in [9.17, 15) is 0 Å². The molecule has 168 valence electrons. The lowest BCUT2D eigenvalue weighted by atomic mass is 9.90. The fraction of sp³-hybridized carbons (Fsp3) is 0.281. The number of aryl methyl sites for hydroxylation is 2. The van der Waals surface area contributed by atoms with E-state index >= 15 is 0 Å². The normalized spacial score (nSPS) is 22.9. The zero-order valence-corrected chi connectivity index (χ0v) is 19.7. The minimum Gasteiger partial charge on any atom is -0.343 e. The van der Waals surface area contributed by atoms with Crippen molar-refractivity contribution in [3.8, 4) is 11.3 Å². The Bertz CT molecular complexity index is 1450. The van der Waals surface area contributed by atoms with Gasteiger partial charge in [-0.2, -0.15) is 0 Å². The first-order valence-corrected chi connectivity index (χ1v) is 12.8. The molecule has 34 heavy (non-hydrogen) atoms. The number of benzene rings is 2. The van der Waals surface area contributed by atoms with Crippen LogP contribution in [-0.4, -0.2) is 9.55 Å². The van der Waals surface area contributed by atoms with E-state index in [4.69, 9.17) is 0 Å². The molecule has 2 aromatic carbocycles. The average molecular weight is 443 g/mol. The summed E-state index contributed by atoms with van der Waals surface area (Å²) in [7, 11) is 0. The minimum atomic E-state index is 0.513. The monoisotopic (exact) mass is 442 g/mol. The van der Waals surface area contributed by atoms with E-state index in [0.29, 0.717) is 5.92 Å². The second-order valence-electron chi connectivity index (χ2n) is 10.4. The first-order valence-electron chi connectivity index (χ1n) is 12.8. The first kappa shape index (κ1) is 20.0. The van der Waals surface area contributed by atoms with Crippen LogP contribution >= 0.6 is 0 Å². The highest BCUT2D eigenvalue weighted by atomic mass is 15.0. The summed E-state index contributed by atoms with van der Waals surface area (Å²) in [4.78, 5) is 4.60. The number of nitrogens with zero attached hydrogens (tertiary/aromatic N) is 2. The van der Waals surface area contributed by atoms with Crippen molar-refractivity contribution in [2.45, 2.75) is 45.1 Å². The van der Waals surface area contributed by atoms with E-state index in [1.165, 1.54) is 52.4 Å². The molecule has 3 unspecified atom stereocenters. The van der Waals surface area contributed by atoms with Crippen molar-refractivity contribution in [1.82, 2.24) is 9.55 Å². The molecule has 0 aliphatic heterocycles. The van der Waals surface area contributed by atoms with Gasteiger partial charge in [-0.3, -0.25) is 4.98 Å². The molecule has 0 saturated heterocycles. The van der Waals surface area contributed by atoms with E-state index < -0.39 is 0 Å². The highest BCUT2D eigenvalue weighted by Crippen LogP contribution is 2.56. The topological polar surface area (TPSA) is 17.8 Å². The molecule has 2 nitrogen and oxygen atoms in total. The highest BCUT2D eigenvalue weighted by molar-refractivity contribution is 5.86. The largest absolute Gasteiger partial charge is 0.343 e. The summed E-state index contributed by atoms with van der Waals surface area (Å²) < 4.78 is 2.70. The summed E-state index contributed by atoms with van der Waals surface area (Å²) in [5.41, 5.74) is 10.9. The standard InChI is InChI=1S/C32H30N2/c1-21-12-13-24(18-28(21)30-10-4-5-16-33-30)23-8-6-7-22(17-23)20-34-31-11-3-2-9-26(31)27-15-14-25-19-29(25)32(27)34/h2-6,8-13,16-18,22,25,29H,7,14-15,19-20H2,1H3. The molecule has 2 aromatic heterocycles. The lowest BCUT2D eigenvalue weighted by Crippen LogP contribution is -2.14. The molecule has 0 spiro atoms. The summed E-state index contributed by atoms with van der Waals surface area (Å²) in [6, 6.07) is 22.1. The van der Waals surface area contributed by atoms with Gasteiger partial charge in [-0.05, 0) is 91.0 Å². The minimum absolute atomic E-state index is 0.513. The zero-order valence-electron chi connectivity index (χ0n) is 19.7. The SMILES string of the molecule is Cc1ccc(C2=CC(Cn3c4c(c5ccccc53)CCC3CC43)CC=C2)cc1-c1ccccn1. The second-order valence-corrected chi connectivity index (χ2v) is 10.4. The first-order chi connectivity index (χ1) is 16.8. The van der Waals surface area contributed by atoms with Crippen LogP contribution in [-0.2, 0) is 13.0 Å². The van der Waals surface area contributed by atoms with Crippen molar-refractivity contribution in [3.63, 3.8) is 0 Å². The van der Waals surface area contributed by atoms with Crippen molar-refractivity contribution in [3.05, 3.63) is 107 Å². The van der Waals surface area contributed by atoms with Crippen molar-refractivity contribution in [2.75, 3.05) is 0 Å². The van der Waals surface area contributed by atoms with Crippen molar-refractivity contribution >= 4 is 16.5 Å². The van der Waals surface area contributed by atoms with E-state index in [0.717, 1.165) is 30.5 Å². The van der Waals surface area contributed by atoms with Crippen LogP contribution in [0.2, 0.25) is 0 Å². The van der Waals surface area contributed by atoms with Crippen LogP contribution < -0.4 is 0 Å². The third-order valence-corrected chi connectivity index (χ3v) is 8.24. The quantitative estimate of drug-likeness (QED) is 0.316. The van der Waals surface area contributed by atoms with Gasteiger partial charge in [0.1, 0.15) is 0 Å². The molecule has 2 heteroatoms. The summed E-state index contributed by atoms with van der Waals surface area (Å²) in [6.07, 6.45) is 14.2. The predicted octanol–water partition coefficient (Wildman–Crippen LogP) is 7.72. The molecule has 0 bridgehead atoms. The molecule has 7 rings (SSSR count). The molecular formula is C32H30N2. The molecule has 3 aliphatic rings. The van der Waals surface area contributed by atoms with Gasteiger partial charge in [0.05, 0.1) is 5.69 Å². The van der Waals surface area contributed by atoms with Gasteiger partial charge < -0.3 is 4.57 Å². The Morgan fingerprint density at radius 3 is 2.85 bits per heavy atom. The molecule has 3 atom stereocenters. The summed E-state index contributed by atoms with van der Waals surface area (Å²) in [5, 5.41) is 1.50. The smallest absolute Gasteiger partial charge is 0.0704 e. The van der Waals surface area contributed by atoms with Crippen LogP contribution in [0.1, 0.15) is 47.6 Å². The van der Waals surface area contributed by atoms with Crippen LogP contribution in [0.25, 0.3) is 27.7 Å². The third-order valence-electron chi connectivity index (χ3n) is 8.24. The van der Waals surface area contributed by atoms with Gasteiger partial charge >= 0.3 is 0 Å². The molecule has 3 aliphatic carbocycles. The molecule has 1 saturated carbocycles. The fourth-order valence-corrected chi connectivity index (χ4v) is 6.41. The molecule has 0 radical (unpaired) electrons. The van der Waals surface area contributed by atoms with Crippen molar-refractivity contribution < 1.29 is 0 Å². The maximum Gasteiger partial charge on any atom is 0.0704 e. The Labute approximate surface area is 201 Å². The Kier molecular flexibility index (Phi) is 4.62. The van der Waals surface area contributed by atoms with Gasteiger partial charge in [-0.25, -0.2) is 0 Å². The Hall–Kier alpha value is -3.39. The molecule has 2 heterocycles. The molecule has 0 amide bonds. The summed E-state index contributed by atoms with van der Waals surface area (Å²) in [6.45, 7) is 3.25. The number of rotatable bonds is 4. The second kappa shape index (κ2) is 7.84. The van der Waals surface area contributed by atoms with Crippen LogP contribution in [0.3, 0.4) is 0 Å². The molecule has 4 aromatic rings. The summed E-state index contributed by atoms with van der Waals surface area (Å²) in [5.74, 6) is 2.25. The van der Waals surface area contributed by atoms with E-state index in [1.54, 1.807) is 11.3 Å². The van der Waals surface area contributed by atoms with Crippen LogP contribution in [0.4, 0.5) is 0 Å². The Morgan fingerprint density at radius 1 is 1.03 bits per heavy atom. The van der Waals surface area contributed by atoms with E-state index in [-0.39, 0.29) is 0 Å². The molecular weight excluding hydrogens is 412 g/mol. The fourth-order valence-electron chi connectivity index (χ4n) is 6.41. The van der Waals surface area contributed by atoms with Crippen LogP contribution in [0.15, 0.2) is 85.1 Å². The lowest BCUT2D eigenvalue weighted by Gasteiger charge is -2.22. The van der Waals surface area contributed by atoms with Gasteiger partial charge in [-0.15, -0.1) is 0 Å². The number of allylic oxidation sites excluding steroid dienone is 4. The van der Waals surface area contributed by atoms with E-state index in [2.05, 4.69) is 89.3 Å². The average Bonchev–Trinajstić information content (AvgIpc) is 3.62. The number of hydrogen-bond donors (Lipinski definition) is 0. The van der Waals surface area contributed by atoms with Gasteiger partial charge in [-0.1, -0.05) is 54.6 Å². The van der Waals surface area contributed by atoms with Gasteiger partial charge in [0.2, 0.25) is 0 Å². The van der Waals surface area contributed by atoms with Gasteiger partial charge in [0.25, 0.3) is 0 Å². The highest BCUT2D eigenvalue weighted by Gasteiger charge is 2.45. The molecule has 1 fully saturated rings. The zero-order chi connectivity index (χ0) is 22.6. The van der Waals surface area contributed by atoms with Crippen molar-refractivity contribution in [2.24, 2.45) is 11.8 Å².